The number of carboxylic acids is 1. The number of hydrogen-bond donors (Lipinski definition) is 2. The first-order valence-electron chi connectivity index (χ1n) is 4.77. The highest BCUT2D eigenvalue weighted by Crippen LogP contribution is 2.05. The van der Waals surface area contributed by atoms with Crippen LogP contribution in [0.1, 0.15) is 13.3 Å². The van der Waals surface area contributed by atoms with Gasteiger partial charge in [-0.1, -0.05) is 6.92 Å². The minimum Gasteiger partial charge on any atom is -0.480 e. The summed E-state index contributed by atoms with van der Waals surface area (Å²) >= 11 is 0. The Labute approximate surface area is 89.1 Å². The highest BCUT2D eigenvalue weighted by molar-refractivity contribution is 5.82. The van der Waals surface area contributed by atoms with E-state index in [4.69, 9.17) is 10.2 Å². The zero-order valence-corrected chi connectivity index (χ0v) is 9.30. The molecule has 15 heavy (non-hydrogen) atoms. The lowest BCUT2D eigenvalue weighted by Crippen LogP contribution is -2.48. The van der Waals surface area contributed by atoms with Crippen LogP contribution in [-0.2, 0) is 4.79 Å². The Balaban J connectivity index is 4.47. The van der Waals surface area contributed by atoms with Crippen LogP contribution in [0.5, 0.6) is 0 Å². The maximum Gasteiger partial charge on any atom is 0.326 e. The number of hydrogen-bond acceptors (Lipinski definition) is 3. The third-order valence-electron chi connectivity index (χ3n) is 2.20. The number of aliphatic hydroxyl groups is 1. The standard InChI is InChI=1S/C9H18N2O4/c1-4-7(8(13)14)11(3)9(15)10(2)5-6-12/h7,12H,4-6H2,1-3H3,(H,13,14). The van der Waals surface area contributed by atoms with E-state index in [-0.39, 0.29) is 13.2 Å². The predicted octanol–water partition coefficient (Wildman–Crippen LogP) is -0.175. The Hall–Kier alpha value is -1.30. The van der Waals surface area contributed by atoms with Crippen molar-refractivity contribution in [1.82, 2.24) is 9.80 Å². The van der Waals surface area contributed by atoms with E-state index in [0.29, 0.717) is 6.42 Å². The van der Waals surface area contributed by atoms with E-state index >= 15 is 0 Å². The summed E-state index contributed by atoms with van der Waals surface area (Å²) in [6.07, 6.45) is 0.352. The van der Waals surface area contributed by atoms with Crippen LogP contribution < -0.4 is 0 Å². The third kappa shape index (κ3) is 3.75. The molecule has 0 saturated carbocycles. The monoisotopic (exact) mass is 218 g/mol. The van der Waals surface area contributed by atoms with Crippen molar-refractivity contribution in [1.29, 1.82) is 0 Å². The number of carbonyl (C=O) groups excluding carboxylic acids is 1. The number of likely N-dealkylation sites (N-methyl/N-ethyl adjacent to an activating group) is 2. The summed E-state index contributed by atoms with van der Waals surface area (Å²) in [4.78, 5) is 24.9. The van der Waals surface area contributed by atoms with Gasteiger partial charge in [0.25, 0.3) is 0 Å². The Morgan fingerprint density at radius 2 is 1.87 bits per heavy atom. The molecule has 1 atom stereocenters. The van der Waals surface area contributed by atoms with Crippen LogP contribution in [0.3, 0.4) is 0 Å². The Bertz CT molecular complexity index is 232. The second-order valence-corrected chi connectivity index (χ2v) is 3.30. The van der Waals surface area contributed by atoms with Crippen LogP contribution >= 0.6 is 0 Å². The molecule has 0 aliphatic rings. The predicted molar refractivity (Wildman–Crippen MR) is 54.6 cm³/mol. The van der Waals surface area contributed by atoms with Crippen LogP contribution in [0, 0.1) is 0 Å². The lowest BCUT2D eigenvalue weighted by atomic mass is 10.2. The number of nitrogens with zero attached hydrogens (tertiary/aromatic N) is 2. The first kappa shape index (κ1) is 13.7. The van der Waals surface area contributed by atoms with Crippen molar-refractivity contribution in [3.05, 3.63) is 0 Å². The summed E-state index contributed by atoms with van der Waals surface area (Å²) in [6.45, 7) is 1.76. The van der Waals surface area contributed by atoms with Crippen molar-refractivity contribution in [3.8, 4) is 0 Å². The van der Waals surface area contributed by atoms with Crippen LogP contribution in [0.2, 0.25) is 0 Å². The van der Waals surface area contributed by atoms with Crippen molar-refractivity contribution in [3.63, 3.8) is 0 Å². The average Bonchev–Trinajstić information content (AvgIpc) is 2.17. The Morgan fingerprint density at radius 3 is 2.20 bits per heavy atom. The molecule has 1 unspecified atom stereocenters. The highest BCUT2D eigenvalue weighted by Gasteiger charge is 2.26. The van der Waals surface area contributed by atoms with Gasteiger partial charge < -0.3 is 20.0 Å². The van der Waals surface area contributed by atoms with Gasteiger partial charge in [-0.15, -0.1) is 0 Å². The minimum atomic E-state index is -1.02. The van der Waals surface area contributed by atoms with E-state index < -0.39 is 18.0 Å². The number of aliphatic hydroxyl groups excluding tert-OH is 1. The fraction of sp³-hybridized carbons (Fsp3) is 0.778. The molecule has 0 aliphatic heterocycles. The summed E-state index contributed by atoms with van der Waals surface area (Å²) in [5.41, 5.74) is 0. The van der Waals surface area contributed by atoms with Gasteiger partial charge in [-0.2, -0.15) is 0 Å². The quantitative estimate of drug-likeness (QED) is 0.671. The molecule has 0 rings (SSSR count). The molecule has 0 aromatic carbocycles. The van der Waals surface area contributed by atoms with E-state index in [2.05, 4.69) is 0 Å². The summed E-state index contributed by atoms with van der Waals surface area (Å²) < 4.78 is 0. The van der Waals surface area contributed by atoms with Crippen molar-refractivity contribution in [2.45, 2.75) is 19.4 Å². The molecule has 0 spiro atoms. The molecule has 0 aromatic heterocycles. The fourth-order valence-corrected chi connectivity index (χ4v) is 1.26. The Kier molecular flexibility index (Phi) is 5.69. The average molecular weight is 218 g/mol. The summed E-state index contributed by atoms with van der Waals surface area (Å²) in [6, 6.07) is -1.23. The van der Waals surface area contributed by atoms with Gasteiger partial charge in [-0.3, -0.25) is 0 Å². The normalized spacial score (nSPS) is 12.0. The third-order valence-corrected chi connectivity index (χ3v) is 2.20. The Morgan fingerprint density at radius 1 is 1.33 bits per heavy atom. The molecule has 6 heteroatoms. The number of carbonyl (C=O) groups is 2. The van der Waals surface area contributed by atoms with Gasteiger partial charge in [-0.25, -0.2) is 9.59 Å². The van der Waals surface area contributed by atoms with E-state index in [1.165, 1.54) is 19.0 Å². The van der Waals surface area contributed by atoms with E-state index in [9.17, 15) is 9.59 Å². The molecule has 0 bridgehead atoms. The van der Waals surface area contributed by atoms with Gasteiger partial charge in [0.05, 0.1) is 6.61 Å². The largest absolute Gasteiger partial charge is 0.480 e. The highest BCUT2D eigenvalue weighted by atomic mass is 16.4. The first-order chi connectivity index (χ1) is 6.95. The van der Waals surface area contributed by atoms with Crippen molar-refractivity contribution in [2.24, 2.45) is 0 Å². The number of urea groups is 1. The zero-order chi connectivity index (χ0) is 12.0. The van der Waals surface area contributed by atoms with Gasteiger partial charge in [0.1, 0.15) is 6.04 Å². The lowest BCUT2D eigenvalue weighted by Gasteiger charge is -2.28. The van der Waals surface area contributed by atoms with Crippen LogP contribution in [-0.4, -0.2) is 65.3 Å². The topological polar surface area (TPSA) is 81.1 Å². The van der Waals surface area contributed by atoms with Crippen molar-refractivity contribution in [2.75, 3.05) is 27.2 Å². The molecule has 0 radical (unpaired) electrons. The van der Waals surface area contributed by atoms with E-state index in [1.54, 1.807) is 6.92 Å². The molecule has 0 saturated heterocycles. The van der Waals surface area contributed by atoms with Gasteiger partial charge in [0, 0.05) is 20.6 Å². The maximum absolute atomic E-state index is 11.6. The molecule has 0 heterocycles. The molecule has 0 aliphatic carbocycles. The number of amides is 2. The zero-order valence-electron chi connectivity index (χ0n) is 9.30. The molecule has 2 N–H and O–H groups in total. The van der Waals surface area contributed by atoms with Gasteiger partial charge in [0.15, 0.2) is 0 Å². The molecular formula is C9H18N2O4. The summed E-state index contributed by atoms with van der Waals surface area (Å²) in [5.74, 6) is -1.02. The van der Waals surface area contributed by atoms with E-state index in [1.807, 2.05) is 0 Å². The molecule has 0 aromatic rings. The van der Waals surface area contributed by atoms with Gasteiger partial charge in [-0.05, 0) is 6.42 Å². The molecule has 88 valence electrons. The fourth-order valence-electron chi connectivity index (χ4n) is 1.26. The van der Waals surface area contributed by atoms with Gasteiger partial charge in [0.2, 0.25) is 0 Å². The van der Waals surface area contributed by atoms with Gasteiger partial charge >= 0.3 is 12.0 Å². The van der Waals surface area contributed by atoms with Crippen LogP contribution in [0.15, 0.2) is 0 Å². The van der Waals surface area contributed by atoms with Crippen molar-refractivity contribution >= 4 is 12.0 Å². The molecule has 2 amide bonds. The summed E-state index contributed by atoms with van der Waals surface area (Å²) in [7, 11) is 2.96. The summed E-state index contributed by atoms with van der Waals surface area (Å²) in [5, 5.41) is 17.5. The number of carboxylic acid groups (broad SMARTS) is 1. The first-order valence-corrected chi connectivity index (χ1v) is 4.77. The number of aliphatic carboxylic acids is 1. The SMILES string of the molecule is CCC(C(=O)O)N(C)C(=O)N(C)CCO. The molecular weight excluding hydrogens is 200 g/mol. The minimum absolute atomic E-state index is 0.139. The lowest BCUT2D eigenvalue weighted by molar-refractivity contribution is -0.142. The van der Waals surface area contributed by atoms with E-state index in [0.717, 1.165) is 4.90 Å². The molecule has 6 nitrogen and oxygen atoms in total. The second-order valence-electron chi connectivity index (χ2n) is 3.30. The van der Waals surface area contributed by atoms with Crippen LogP contribution in [0.4, 0.5) is 4.79 Å². The van der Waals surface area contributed by atoms with Crippen molar-refractivity contribution < 1.29 is 19.8 Å². The number of rotatable bonds is 5. The smallest absolute Gasteiger partial charge is 0.326 e. The second kappa shape index (κ2) is 6.23. The van der Waals surface area contributed by atoms with Crippen LogP contribution in [0.25, 0.3) is 0 Å². The molecule has 0 fully saturated rings. The maximum atomic E-state index is 11.6.